The van der Waals surface area contributed by atoms with Gasteiger partial charge in [0.25, 0.3) is 11.8 Å². The van der Waals surface area contributed by atoms with Crippen LogP contribution in [0.3, 0.4) is 0 Å². The summed E-state index contributed by atoms with van der Waals surface area (Å²) in [6.45, 7) is 11.5. The Morgan fingerprint density at radius 3 is 2.39 bits per heavy atom. The number of halogens is 1. The predicted octanol–water partition coefficient (Wildman–Crippen LogP) is 6.86. The maximum Gasteiger partial charge on any atom is 0.407 e. The topological polar surface area (TPSA) is 182 Å². The molecule has 4 amide bonds. The number of aromatic nitrogens is 5. The van der Waals surface area contributed by atoms with Crippen LogP contribution in [-0.4, -0.2) is 103 Å². The quantitative estimate of drug-likeness (QED) is 0.117. The van der Waals surface area contributed by atoms with Gasteiger partial charge in [0, 0.05) is 55.9 Å². The van der Waals surface area contributed by atoms with E-state index in [-0.39, 0.29) is 41.8 Å². The first-order chi connectivity index (χ1) is 28.3. The molecule has 16 heteroatoms. The van der Waals surface area contributed by atoms with E-state index >= 15 is 0 Å². The third-order valence-electron chi connectivity index (χ3n) is 11.2. The first-order valence-electron chi connectivity index (χ1n) is 19.8. The number of hydrogen-bond acceptors (Lipinski definition) is 9. The first kappa shape index (κ1) is 41.0. The van der Waals surface area contributed by atoms with Gasteiger partial charge in [-0.2, -0.15) is 0 Å². The zero-order valence-electron chi connectivity index (χ0n) is 34.0. The van der Waals surface area contributed by atoms with Crippen molar-refractivity contribution in [3.8, 4) is 22.4 Å². The maximum atomic E-state index is 13.6. The number of likely N-dealkylation sites (tertiary alicyclic amines) is 1. The van der Waals surface area contributed by atoms with E-state index in [9.17, 15) is 19.2 Å². The Morgan fingerprint density at radius 2 is 1.71 bits per heavy atom. The van der Waals surface area contributed by atoms with Crippen LogP contribution in [0.2, 0.25) is 5.02 Å². The molecule has 59 heavy (non-hydrogen) atoms. The number of nitrogens with one attached hydrogen (secondary N) is 4. The summed E-state index contributed by atoms with van der Waals surface area (Å²) in [5, 5.41) is 6.02. The van der Waals surface area contributed by atoms with Crippen molar-refractivity contribution < 1.29 is 23.9 Å². The van der Waals surface area contributed by atoms with Gasteiger partial charge in [-0.05, 0) is 80.5 Å². The van der Waals surface area contributed by atoms with Crippen molar-refractivity contribution in [2.75, 3.05) is 37.0 Å². The molecule has 2 fully saturated rings. The van der Waals surface area contributed by atoms with Crippen molar-refractivity contribution in [3.63, 3.8) is 0 Å². The number of carbonyl (C=O) groups is 4. The van der Waals surface area contributed by atoms with Crippen LogP contribution < -0.4 is 15.5 Å². The molecule has 4 N–H and O–H groups in total. The van der Waals surface area contributed by atoms with Gasteiger partial charge in [-0.15, -0.1) is 0 Å². The number of alkyl carbamates (subject to hydrolysis) is 1. The molecular formula is C43H49ClN10O5. The number of carbonyl (C=O) groups excluding carboxylic acids is 4. The summed E-state index contributed by atoms with van der Waals surface area (Å²) in [6.07, 6.45) is 7.46. The molecule has 2 aliphatic heterocycles. The molecule has 0 bridgehead atoms. The number of aromatic amines is 2. The van der Waals surface area contributed by atoms with E-state index in [2.05, 4.69) is 35.5 Å². The summed E-state index contributed by atoms with van der Waals surface area (Å²) in [4.78, 5) is 77.3. The Labute approximate surface area is 347 Å². The second-order valence-electron chi connectivity index (χ2n) is 15.6. The minimum absolute atomic E-state index is 0.00501. The Kier molecular flexibility index (Phi) is 12.0. The van der Waals surface area contributed by atoms with Crippen molar-refractivity contribution in [1.82, 2.24) is 40.0 Å². The Morgan fingerprint density at radius 1 is 0.949 bits per heavy atom. The highest BCUT2D eigenvalue weighted by Gasteiger charge is 2.38. The molecule has 5 aromatic rings. The van der Waals surface area contributed by atoms with Gasteiger partial charge in [0.05, 0.1) is 41.4 Å². The summed E-state index contributed by atoms with van der Waals surface area (Å²) in [7, 11) is 1.28. The first-order valence-corrected chi connectivity index (χ1v) is 20.2. The lowest BCUT2D eigenvalue weighted by atomic mass is 9.98. The standard InChI is InChI=1S/C43H49ClN10O5/c1-24(2)38(51-43(58)59-6)42(57)52-15-7-8-36(52)39-47-20-34(49-39)29-11-9-28(10-12-29)31-17-32(44)33(16-25(31)3)50-40(55)30-13-14-37(46-18-30)53-21-27(5)54(22-26(53)4)41(56)35-19-45-23-48-35/h9-14,16-20,23-24,26-27,36,38H,7-8,15,21-22H2,1-6H3,(H,45,48)(H,47,49)(H,50,55)(H,51,58)/t26-,27+,36+,38+/m1/s1. The van der Waals surface area contributed by atoms with E-state index < -0.39 is 12.1 Å². The van der Waals surface area contributed by atoms with Gasteiger partial charge >= 0.3 is 6.09 Å². The number of methoxy groups -OCH3 is 1. The second kappa shape index (κ2) is 17.3. The van der Waals surface area contributed by atoms with E-state index in [0.717, 1.165) is 46.6 Å². The average molecular weight is 821 g/mol. The van der Waals surface area contributed by atoms with Crippen LogP contribution in [-0.2, 0) is 9.53 Å². The Balaban J connectivity index is 0.982. The van der Waals surface area contributed by atoms with Gasteiger partial charge in [-0.1, -0.05) is 49.7 Å². The van der Waals surface area contributed by atoms with E-state index in [0.29, 0.717) is 47.4 Å². The van der Waals surface area contributed by atoms with Gasteiger partial charge in [0.2, 0.25) is 5.91 Å². The molecular weight excluding hydrogens is 772 g/mol. The summed E-state index contributed by atoms with van der Waals surface area (Å²) in [6, 6.07) is 14.3. The maximum absolute atomic E-state index is 13.6. The molecule has 5 heterocycles. The van der Waals surface area contributed by atoms with Crippen molar-refractivity contribution in [3.05, 3.63) is 101 Å². The van der Waals surface area contributed by atoms with Crippen molar-refractivity contribution in [2.45, 2.75) is 71.6 Å². The van der Waals surface area contributed by atoms with Gasteiger partial charge in [0.1, 0.15) is 23.4 Å². The molecule has 7 rings (SSSR count). The fourth-order valence-corrected chi connectivity index (χ4v) is 8.11. The molecule has 0 radical (unpaired) electrons. The molecule has 15 nitrogen and oxygen atoms in total. The molecule has 2 saturated heterocycles. The lowest BCUT2D eigenvalue weighted by Crippen LogP contribution is -2.58. The summed E-state index contributed by atoms with van der Waals surface area (Å²) < 4.78 is 4.75. The summed E-state index contributed by atoms with van der Waals surface area (Å²) >= 11 is 6.76. The average Bonchev–Trinajstić information content (AvgIpc) is 4.05. The predicted molar refractivity (Wildman–Crippen MR) is 225 cm³/mol. The number of benzene rings is 2. The molecule has 4 atom stereocenters. The number of ether oxygens (including phenoxy) is 1. The number of hydrogen-bond donors (Lipinski definition) is 4. The van der Waals surface area contributed by atoms with Crippen LogP contribution in [0, 0.1) is 12.8 Å². The minimum Gasteiger partial charge on any atom is -0.453 e. The van der Waals surface area contributed by atoms with Crippen LogP contribution in [0.5, 0.6) is 0 Å². The Hall–Kier alpha value is -6.22. The fraction of sp³-hybridized carbons (Fsp3) is 0.372. The van der Waals surface area contributed by atoms with Crippen LogP contribution in [0.4, 0.5) is 16.3 Å². The SMILES string of the molecule is COC(=O)N[C@H](C(=O)N1CCC[C@H]1c1nc(-c2ccc(-c3cc(Cl)c(NC(=O)c4ccc(N5C[C@H](C)N(C(=O)c6c[nH]cn6)C[C@H]5C)nc4)cc3C)cc2)c[nH]1)C(C)C. The molecule has 2 aliphatic rings. The van der Waals surface area contributed by atoms with Crippen molar-refractivity contribution in [2.24, 2.45) is 5.92 Å². The van der Waals surface area contributed by atoms with Crippen molar-refractivity contribution in [1.29, 1.82) is 0 Å². The molecule has 0 saturated carbocycles. The van der Waals surface area contributed by atoms with Crippen LogP contribution in [0.1, 0.15) is 78.8 Å². The monoisotopic (exact) mass is 820 g/mol. The normalized spacial score (nSPS) is 18.5. The van der Waals surface area contributed by atoms with Gasteiger partial charge in [0.15, 0.2) is 0 Å². The number of piperazine rings is 1. The third kappa shape index (κ3) is 8.65. The summed E-state index contributed by atoms with van der Waals surface area (Å²) in [5.41, 5.74) is 5.71. The van der Waals surface area contributed by atoms with Gasteiger partial charge < -0.3 is 40.0 Å². The lowest BCUT2D eigenvalue weighted by molar-refractivity contribution is -0.135. The smallest absolute Gasteiger partial charge is 0.407 e. The molecule has 0 spiro atoms. The van der Waals surface area contributed by atoms with Crippen LogP contribution >= 0.6 is 11.6 Å². The number of H-pyrrole nitrogens is 2. The van der Waals surface area contributed by atoms with Gasteiger partial charge in [-0.25, -0.2) is 19.7 Å². The molecule has 3 aromatic heterocycles. The fourth-order valence-electron chi connectivity index (χ4n) is 7.89. The van der Waals surface area contributed by atoms with E-state index in [4.69, 9.17) is 21.3 Å². The van der Waals surface area contributed by atoms with Gasteiger partial charge in [-0.3, -0.25) is 14.4 Å². The highest BCUT2D eigenvalue weighted by Crippen LogP contribution is 2.36. The van der Waals surface area contributed by atoms with E-state index in [1.54, 1.807) is 23.4 Å². The third-order valence-corrected chi connectivity index (χ3v) is 11.5. The van der Waals surface area contributed by atoms with Crippen LogP contribution in [0.15, 0.2) is 73.4 Å². The molecule has 0 aliphatic carbocycles. The number of nitrogens with zero attached hydrogens (tertiary/aromatic N) is 6. The number of anilines is 2. The molecule has 308 valence electrons. The number of rotatable bonds is 10. The molecule has 2 aromatic carbocycles. The lowest BCUT2D eigenvalue weighted by Gasteiger charge is -2.44. The largest absolute Gasteiger partial charge is 0.453 e. The second-order valence-corrected chi connectivity index (χ2v) is 16.0. The zero-order valence-corrected chi connectivity index (χ0v) is 34.7. The highest BCUT2D eigenvalue weighted by atomic mass is 35.5. The zero-order chi connectivity index (χ0) is 42.0. The number of pyridine rings is 1. The van der Waals surface area contributed by atoms with E-state index in [1.165, 1.54) is 13.4 Å². The van der Waals surface area contributed by atoms with E-state index in [1.807, 2.05) is 88.2 Å². The Bertz CT molecular complexity index is 2310. The van der Waals surface area contributed by atoms with Crippen molar-refractivity contribution >= 4 is 46.9 Å². The molecule has 0 unspecified atom stereocenters. The number of amides is 4. The minimum atomic E-state index is -0.705. The summed E-state index contributed by atoms with van der Waals surface area (Å²) in [5.74, 6) is 0.701. The number of aryl methyl sites for hydroxylation is 1. The van der Waals surface area contributed by atoms with Crippen LogP contribution in [0.25, 0.3) is 22.4 Å². The number of imidazole rings is 2. The highest BCUT2D eigenvalue weighted by molar-refractivity contribution is 6.34.